The van der Waals surface area contributed by atoms with Crippen LogP contribution in [0, 0.1) is 5.92 Å². The molecule has 3 atom stereocenters. The summed E-state index contributed by atoms with van der Waals surface area (Å²) in [6, 6.07) is 7.53. The fourth-order valence-corrected chi connectivity index (χ4v) is 3.76. The van der Waals surface area contributed by atoms with Crippen LogP contribution < -0.4 is 0 Å². The minimum absolute atomic E-state index is 0.225. The van der Waals surface area contributed by atoms with Crippen LogP contribution in [-0.2, 0) is 15.1 Å². The number of benzene rings is 1. The second-order valence-corrected chi connectivity index (χ2v) is 6.01. The zero-order chi connectivity index (χ0) is 18.0. The minimum Gasteiger partial charge on any atom is -0.485 e. The van der Waals surface area contributed by atoms with Gasteiger partial charge < -0.3 is 9.47 Å². The zero-order valence-electron chi connectivity index (χ0n) is 14.6. The molecule has 3 rings (SSSR count). The molecule has 25 heavy (non-hydrogen) atoms. The van der Waals surface area contributed by atoms with E-state index in [9.17, 15) is 4.79 Å². The standard InChI is InChI=1S/C22H22O3/c1-5-11-17-19(7-3)24-20(8-4)18(12-6-2)22(17)16-14-10-9-13-15(16)21(23)25-22/h5-14,18,20H,1,4H2,2-3H3/b12-6-,17-11?,19-7+. The molecule has 0 aromatic heterocycles. The van der Waals surface area contributed by atoms with E-state index in [1.54, 1.807) is 18.2 Å². The van der Waals surface area contributed by atoms with Crippen molar-refractivity contribution in [2.24, 2.45) is 5.92 Å². The molecule has 0 amide bonds. The summed E-state index contributed by atoms with van der Waals surface area (Å²) in [5.41, 5.74) is 1.29. The van der Waals surface area contributed by atoms with Gasteiger partial charge in [-0.05, 0) is 26.0 Å². The van der Waals surface area contributed by atoms with Gasteiger partial charge in [-0.1, -0.05) is 61.7 Å². The highest BCUT2D eigenvalue weighted by Gasteiger charge is 2.58. The van der Waals surface area contributed by atoms with E-state index in [0.29, 0.717) is 11.3 Å². The van der Waals surface area contributed by atoms with Gasteiger partial charge in [0, 0.05) is 11.1 Å². The predicted molar refractivity (Wildman–Crippen MR) is 98.9 cm³/mol. The average molecular weight is 334 g/mol. The van der Waals surface area contributed by atoms with Gasteiger partial charge in [-0.3, -0.25) is 0 Å². The molecule has 1 saturated heterocycles. The Labute approximate surface area is 148 Å². The van der Waals surface area contributed by atoms with Gasteiger partial charge in [-0.25, -0.2) is 4.79 Å². The molecule has 3 unspecified atom stereocenters. The Morgan fingerprint density at radius 1 is 1.20 bits per heavy atom. The topological polar surface area (TPSA) is 35.5 Å². The summed E-state index contributed by atoms with van der Waals surface area (Å²) in [6.07, 6.45) is 10.9. The highest BCUT2D eigenvalue weighted by atomic mass is 16.6. The van der Waals surface area contributed by atoms with Gasteiger partial charge in [0.05, 0.1) is 11.5 Å². The zero-order valence-corrected chi connectivity index (χ0v) is 14.6. The van der Waals surface area contributed by atoms with E-state index in [2.05, 4.69) is 13.2 Å². The summed E-state index contributed by atoms with van der Waals surface area (Å²) in [6.45, 7) is 11.6. The monoisotopic (exact) mass is 334 g/mol. The van der Waals surface area contributed by atoms with Crippen LogP contribution in [0.1, 0.15) is 29.8 Å². The molecule has 0 radical (unpaired) electrons. The van der Waals surface area contributed by atoms with Gasteiger partial charge >= 0.3 is 5.97 Å². The fourth-order valence-electron chi connectivity index (χ4n) is 3.76. The number of allylic oxidation sites excluding steroid dienone is 4. The van der Waals surface area contributed by atoms with Gasteiger partial charge in [0.2, 0.25) is 0 Å². The Balaban J connectivity index is 2.37. The van der Waals surface area contributed by atoms with E-state index in [1.165, 1.54) is 0 Å². The second-order valence-electron chi connectivity index (χ2n) is 6.01. The number of hydrogen-bond acceptors (Lipinski definition) is 3. The molecule has 0 aliphatic carbocycles. The van der Waals surface area contributed by atoms with Crippen molar-refractivity contribution in [2.45, 2.75) is 25.6 Å². The maximum Gasteiger partial charge on any atom is 0.339 e. The molecule has 128 valence electrons. The molecule has 2 heterocycles. The average Bonchev–Trinajstić information content (AvgIpc) is 2.93. The number of fused-ring (bicyclic) bond motifs is 2. The van der Waals surface area contributed by atoms with Crippen molar-refractivity contribution in [1.29, 1.82) is 0 Å². The lowest BCUT2D eigenvalue weighted by atomic mass is 9.70. The first-order valence-corrected chi connectivity index (χ1v) is 8.38. The van der Waals surface area contributed by atoms with Crippen LogP contribution in [0.5, 0.6) is 0 Å². The van der Waals surface area contributed by atoms with Crippen molar-refractivity contribution in [3.63, 3.8) is 0 Å². The van der Waals surface area contributed by atoms with E-state index in [-0.39, 0.29) is 18.0 Å². The molecule has 3 heteroatoms. The van der Waals surface area contributed by atoms with Crippen LogP contribution in [0.4, 0.5) is 0 Å². The lowest BCUT2D eigenvalue weighted by Crippen LogP contribution is -2.48. The van der Waals surface area contributed by atoms with Crippen molar-refractivity contribution >= 4 is 5.97 Å². The predicted octanol–water partition coefficient (Wildman–Crippen LogP) is 4.85. The van der Waals surface area contributed by atoms with Crippen LogP contribution >= 0.6 is 0 Å². The van der Waals surface area contributed by atoms with Crippen molar-refractivity contribution in [3.05, 3.63) is 96.3 Å². The van der Waals surface area contributed by atoms with Gasteiger partial charge in [0.25, 0.3) is 0 Å². The molecule has 0 N–H and O–H groups in total. The van der Waals surface area contributed by atoms with E-state index < -0.39 is 5.60 Å². The second kappa shape index (κ2) is 6.60. The quantitative estimate of drug-likeness (QED) is 0.586. The fraction of sp³-hybridized carbons (Fsp3) is 0.227. The minimum atomic E-state index is -0.951. The van der Waals surface area contributed by atoms with Gasteiger partial charge in [0.1, 0.15) is 11.9 Å². The van der Waals surface area contributed by atoms with E-state index >= 15 is 0 Å². The SMILES string of the molecule is C=CC=C1/C(=C\C)OC(C=C)C(/C=C\C)C12OC(=O)c1ccccc12. The molecule has 2 aliphatic heterocycles. The van der Waals surface area contributed by atoms with E-state index in [1.807, 2.05) is 56.4 Å². The molecule has 1 spiro atoms. The maximum absolute atomic E-state index is 12.6. The molecule has 1 aromatic rings. The Hall–Kier alpha value is -2.81. The normalized spacial score (nSPS) is 31.2. The van der Waals surface area contributed by atoms with E-state index in [0.717, 1.165) is 11.1 Å². The number of carbonyl (C=O) groups is 1. The van der Waals surface area contributed by atoms with Gasteiger partial charge in [-0.15, -0.1) is 0 Å². The molecular weight excluding hydrogens is 312 g/mol. The Kier molecular flexibility index (Phi) is 4.49. The number of hydrogen-bond donors (Lipinski definition) is 0. The van der Waals surface area contributed by atoms with Crippen molar-refractivity contribution in [1.82, 2.24) is 0 Å². The molecule has 1 aromatic carbocycles. The van der Waals surface area contributed by atoms with Crippen LogP contribution in [0.25, 0.3) is 0 Å². The molecule has 2 aliphatic rings. The van der Waals surface area contributed by atoms with Crippen molar-refractivity contribution in [3.8, 4) is 0 Å². The van der Waals surface area contributed by atoms with Crippen molar-refractivity contribution in [2.75, 3.05) is 0 Å². The van der Waals surface area contributed by atoms with Gasteiger partial charge in [0.15, 0.2) is 5.60 Å². The Morgan fingerprint density at radius 2 is 1.96 bits per heavy atom. The van der Waals surface area contributed by atoms with Gasteiger partial charge in [-0.2, -0.15) is 0 Å². The third kappa shape index (κ3) is 2.39. The largest absolute Gasteiger partial charge is 0.485 e. The lowest BCUT2D eigenvalue weighted by Gasteiger charge is -2.45. The Morgan fingerprint density at radius 3 is 2.60 bits per heavy atom. The Bertz CT molecular complexity index is 812. The highest BCUT2D eigenvalue weighted by molar-refractivity contribution is 5.96. The summed E-state index contributed by atoms with van der Waals surface area (Å²) >= 11 is 0. The van der Waals surface area contributed by atoms with Crippen LogP contribution in [-0.4, -0.2) is 12.1 Å². The summed E-state index contributed by atoms with van der Waals surface area (Å²) in [4.78, 5) is 12.6. The lowest BCUT2D eigenvalue weighted by molar-refractivity contribution is -0.0631. The highest BCUT2D eigenvalue weighted by Crippen LogP contribution is 2.55. The number of esters is 1. The van der Waals surface area contributed by atoms with Crippen LogP contribution in [0.15, 0.2) is 85.2 Å². The number of ether oxygens (including phenoxy) is 2. The summed E-state index contributed by atoms with van der Waals surface area (Å²) in [7, 11) is 0. The smallest absolute Gasteiger partial charge is 0.339 e. The molecule has 3 nitrogen and oxygen atoms in total. The number of rotatable bonds is 3. The van der Waals surface area contributed by atoms with Crippen molar-refractivity contribution < 1.29 is 14.3 Å². The summed E-state index contributed by atoms with van der Waals surface area (Å²) in [5, 5.41) is 0. The third-order valence-corrected chi connectivity index (χ3v) is 4.73. The number of carbonyl (C=O) groups excluding carboxylic acids is 1. The first-order valence-electron chi connectivity index (χ1n) is 8.38. The molecular formula is C22H22O3. The summed E-state index contributed by atoms with van der Waals surface area (Å²) in [5.74, 6) is 0.132. The molecule has 0 bridgehead atoms. The van der Waals surface area contributed by atoms with Crippen LogP contribution in [0.2, 0.25) is 0 Å². The first kappa shape index (κ1) is 17.0. The third-order valence-electron chi connectivity index (χ3n) is 4.73. The molecule has 1 fully saturated rings. The molecule has 0 saturated carbocycles. The summed E-state index contributed by atoms with van der Waals surface area (Å²) < 4.78 is 12.2. The van der Waals surface area contributed by atoms with E-state index in [4.69, 9.17) is 9.47 Å². The maximum atomic E-state index is 12.6. The van der Waals surface area contributed by atoms with Crippen LogP contribution in [0.3, 0.4) is 0 Å². The first-order chi connectivity index (χ1) is 12.1.